The first-order chi connectivity index (χ1) is 9.43. The Bertz CT molecular complexity index is 556. The van der Waals surface area contributed by atoms with E-state index >= 15 is 0 Å². The topological polar surface area (TPSA) is 49.4 Å². The molecule has 1 aromatic rings. The number of benzene rings is 1. The number of anilines is 1. The minimum atomic E-state index is -1.05. The Morgan fingerprint density at radius 3 is 2.50 bits per heavy atom. The number of amides is 2. The molecule has 0 atom stereocenters. The SMILES string of the molecule is CCC1(CC)NC(=O)CN(c2cc(F)ccc2F)C1=O. The van der Waals surface area contributed by atoms with Gasteiger partial charge in [-0.2, -0.15) is 0 Å². The van der Waals surface area contributed by atoms with Crippen LogP contribution in [0.5, 0.6) is 0 Å². The molecule has 1 heterocycles. The number of hydrogen-bond donors (Lipinski definition) is 1. The number of halogens is 2. The van der Waals surface area contributed by atoms with Gasteiger partial charge in [0.25, 0.3) is 5.91 Å². The van der Waals surface area contributed by atoms with E-state index in [1.165, 1.54) is 0 Å². The largest absolute Gasteiger partial charge is 0.340 e. The van der Waals surface area contributed by atoms with Crippen molar-refractivity contribution in [2.75, 3.05) is 11.4 Å². The zero-order chi connectivity index (χ0) is 14.9. The van der Waals surface area contributed by atoms with Crippen LogP contribution in [0.25, 0.3) is 0 Å². The van der Waals surface area contributed by atoms with Crippen molar-refractivity contribution in [1.29, 1.82) is 0 Å². The van der Waals surface area contributed by atoms with Gasteiger partial charge in [0.15, 0.2) is 0 Å². The molecule has 0 spiro atoms. The highest BCUT2D eigenvalue weighted by Gasteiger charge is 2.45. The predicted octanol–water partition coefficient (Wildman–Crippen LogP) is 1.99. The molecule has 2 amide bonds. The molecular weight excluding hydrogens is 266 g/mol. The smallest absolute Gasteiger partial charge is 0.253 e. The fourth-order valence-electron chi connectivity index (χ4n) is 2.45. The highest BCUT2D eigenvalue weighted by Crippen LogP contribution is 2.28. The summed E-state index contributed by atoms with van der Waals surface area (Å²) < 4.78 is 27.1. The van der Waals surface area contributed by atoms with Gasteiger partial charge in [0, 0.05) is 6.07 Å². The summed E-state index contributed by atoms with van der Waals surface area (Å²) in [5.41, 5.74) is -1.25. The zero-order valence-electron chi connectivity index (χ0n) is 11.4. The van der Waals surface area contributed by atoms with Crippen molar-refractivity contribution < 1.29 is 18.4 Å². The molecule has 0 saturated carbocycles. The van der Waals surface area contributed by atoms with Crippen LogP contribution in [-0.4, -0.2) is 23.9 Å². The van der Waals surface area contributed by atoms with Gasteiger partial charge in [-0.15, -0.1) is 0 Å². The van der Waals surface area contributed by atoms with Gasteiger partial charge in [-0.25, -0.2) is 8.78 Å². The van der Waals surface area contributed by atoms with Crippen molar-refractivity contribution in [1.82, 2.24) is 5.32 Å². The second-order valence-electron chi connectivity index (χ2n) is 4.82. The molecule has 1 fully saturated rings. The lowest BCUT2D eigenvalue weighted by atomic mass is 9.88. The van der Waals surface area contributed by atoms with Crippen molar-refractivity contribution in [2.45, 2.75) is 32.2 Å². The Labute approximate surface area is 115 Å². The maximum absolute atomic E-state index is 13.8. The molecule has 0 aliphatic carbocycles. The van der Waals surface area contributed by atoms with Gasteiger partial charge in [0.1, 0.15) is 23.7 Å². The standard InChI is InChI=1S/C14H16F2N2O2/c1-3-14(4-2)13(20)18(8-12(19)17-14)11-7-9(15)5-6-10(11)16/h5-7H,3-4,8H2,1-2H3,(H,17,19). The van der Waals surface area contributed by atoms with Crippen molar-refractivity contribution in [3.8, 4) is 0 Å². The van der Waals surface area contributed by atoms with Crippen LogP contribution in [0.2, 0.25) is 0 Å². The Hall–Kier alpha value is -1.98. The zero-order valence-corrected chi connectivity index (χ0v) is 11.4. The molecule has 0 radical (unpaired) electrons. The Morgan fingerprint density at radius 2 is 1.90 bits per heavy atom. The van der Waals surface area contributed by atoms with Crippen LogP contribution in [0.3, 0.4) is 0 Å². The predicted molar refractivity (Wildman–Crippen MR) is 70.2 cm³/mol. The normalized spacial score (nSPS) is 18.1. The van der Waals surface area contributed by atoms with Crippen LogP contribution in [0, 0.1) is 11.6 Å². The van der Waals surface area contributed by atoms with E-state index in [1.807, 2.05) is 0 Å². The van der Waals surface area contributed by atoms with E-state index in [9.17, 15) is 18.4 Å². The van der Waals surface area contributed by atoms with Gasteiger partial charge < -0.3 is 5.32 Å². The molecule has 1 N–H and O–H groups in total. The number of rotatable bonds is 3. The molecule has 4 nitrogen and oxygen atoms in total. The van der Waals surface area contributed by atoms with E-state index in [2.05, 4.69) is 5.32 Å². The van der Waals surface area contributed by atoms with Crippen LogP contribution in [0.4, 0.5) is 14.5 Å². The summed E-state index contributed by atoms with van der Waals surface area (Å²) in [6, 6.07) is 2.85. The number of carbonyl (C=O) groups is 2. The lowest BCUT2D eigenvalue weighted by Crippen LogP contribution is -2.66. The highest BCUT2D eigenvalue weighted by atomic mass is 19.1. The van der Waals surface area contributed by atoms with E-state index in [0.29, 0.717) is 12.8 Å². The van der Waals surface area contributed by atoms with Crippen molar-refractivity contribution in [3.63, 3.8) is 0 Å². The third-order valence-corrected chi connectivity index (χ3v) is 3.74. The van der Waals surface area contributed by atoms with Gasteiger partial charge in [0.05, 0.1) is 5.69 Å². The van der Waals surface area contributed by atoms with E-state index in [1.54, 1.807) is 13.8 Å². The van der Waals surface area contributed by atoms with Crippen LogP contribution in [0.15, 0.2) is 18.2 Å². The average molecular weight is 282 g/mol. The third-order valence-electron chi connectivity index (χ3n) is 3.74. The quantitative estimate of drug-likeness (QED) is 0.921. The first kappa shape index (κ1) is 14.4. The number of nitrogens with zero attached hydrogens (tertiary/aromatic N) is 1. The fraction of sp³-hybridized carbons (Fsp3) is 0.429. The van der Waals surface area contributed by atoms with E-state index < -0.39 is 23.1 Å². The van der Waals surface area contributed by atoms with Gasteiger partial charge in [-0.1, -0.05) is 13.8 Å². The Morgan fingerprint density at radius 1 is 1.25 bits per heavy atom. The monoisotopic (exact) mass is 282 g/mol. The summed E-state index contributed by atoms with van der Waals surface area (Å²) in [5.74, 6) is -2.17. The number of piperazine rings is 1. The summed E-state index contributed by atoms with van der Waals surface area (Å²) >= 11 is 0. The van der Waals surface area contributed by atoms with E-state index in [0.717, 1.165) is 23.1 Å². The van der Waals surface area contributed by atoms with Crippen molar-refractivity contribution in [2.24, 2.45) is 0 Å². The molecule has 1 aliphatic heterocycles. The summed E-state index contributed by atoms with van der Waals surface area (Å²) in [4.78, 5) is 25.4. The first-order valence-electron chi connectivity index (χ1n) is 6.51. The van der Waals surface area contributed by atoms with Gasteiger partial charge in [-0.3, -0.25) is 14.5 Å². The maximum atomic E-state index is 13.8. The first-order valence-corrected chi connectivity index (χ1v) is 6.51. The van der Waals surface area contributed by atoms with Crippen LogP contribution < -0.4 is 10.2 Å². The lowest BCUT2D eigenvalue weighted by Gasteiger charge is -2.41. The molecule has 108 valence electrons. The average Bonchev–Trinajstić information content (AvgIpc) is 2.44. The van der Waals surface area contributed by atoms with Gasteiger partial charge >= 0.3 is 0 Å². The third kappa shape index (κ3) is 2.26. The van der Waals surface area contributed by atoms with Crippen LogP contribution in [-0.2, 0) is 9.59 Å². The summed E-state index contributed by atoms with van der Waals surface area (Å²) in [6.45, 7) is 3.24. The minimum absolute atomic E-state index is 0.198. The Balaban J connectivity index is 2.47. The second kappa shape index (κ2) is 5.19. The molecule has 1 aromatic carbocycles. The molecule has 1 saturated heterocycles. The molecule has 2 rings (SSSR count). The van der Waals surface area contributed by atoms with Crippen LogP contribution in [0.1, 0.15) is 26.7 Å². The number of carbonyl (C=O) groups excluding carboxylic acids is 2. The van der Waals surface area contributed by atoms with Crippen molar-refractivity contribution in [3.05, 3.63) is 29.8 Å². The van der Waals surface area contributed by atoms with Gasteiger partial charge in [-0.05, 0) is 25.0 Å². The molecule has 1 aliphatic rings. The summed E-state index contributed by atoms with van der Waals surface area (Å²) in [6.07, 6.45) is 0.781. The second-order valence-corrected chi connectivity index (χ2v) is 4.82. The number of nitrogens with one attached hydrogen (secondary N) is 1. The molecule has 6 heteroatoms. The maximum Gasteiger partial charge on any atom is 0.253 e. The van der Waals surface area contributed by atoms with Crippen LogP contribution >= 0.6 is 0 Å². The summed E-state index contributed by atoms with van der Waals surface area (Å²) in [5, 5.41) is 2.67. The fourth-order valence-corrected chi connectivity index (χ4v) is 2.45. The lowest BCUT2D eigenvalue weighted by molar-refractivity contribution is -0.136. The molecular formula is C14H16F2N2O2. The molecule has 20 heavy (non-hydrogen) atoms. The van der Waals surface area contributed by atoms with Crippen molar-refractivity contribution >= 4 is 17.5 Å². The van der Waals surface area contributed by atoms with E-state index in [-0.39, 0.29) is 18.1 Å². The summed E-state index contributed by atoms with van der Waals surface area (Å²) in [7, 11) is 0. The highest BCUT2D eigenvalue weighted by molar-refractivity contribution is 6.09. The molecule has 0 bridgehead atoms. The van der Waals surface area contributed by atoms with E-state index in [4.69, 9.17) is 0 Å². The minimum Gasteiger partial charge on any atom is -0.340 e. The van der Waals surface area contributed by atoms with Gasteiger partial charge in [0.2, 0.25) is 5.91 Å². The number of hydrogen-bond acceptors (Lipinski definition) is 2. The molecule has 0 unspecified atom stereocenters. The molecule has 0 aromatic heterocycles. The Kier molecular flexibility index (Phi) is 3.74.